The Morgan fingerprint density at radius 3 is 2.43 bits per heavy atom. The molecule has 0 amide bonds. The number of carbonyl (C=O) groups is 1. The first kappa shape index (κ1) is 15.2. The predicted molar refractivity (Wildman–Crippen MR) is 81.7 cm³/mol. The Morgan fingerprint density at radius 2 is 1.81 bits per heavy atom. The maximum absolute atomic E-state index is 13.3. The summed E-state index contributed by atoms with van der Waals surface area (Å²) in [7, 11) is 0. The molecule has 0 radical (unpaired) electrons. The van der Waals surface area contributed by atoms with Gasteiger partial charge in [-0.05, 0) is 55.2 Å². The lowest BCUT2D eigenvalue weighted by molar-refractivity contribution is 0.101. The minimum absolute atomic E-state index is 0.219. The largest absolute Gasteiger partial charge is 0.456 e. The lowest BCUT2D eigenvalue weighted by atomic mass is 10.0. The summed E-state index contributed by atoms with van der Waals surface area (Å²) >= 11 is 0. The van der Waals surface area contributed by atoms with E-state index in [2.05, 4.69) is 13.8 Å². The van der Waals surface area contributed by atoms with Crippen LogP contribution in [0, 0.1) is 12.7 Å². The zero-order chi connectivity index (χ0) is 15.6. The van der Waals surface area contributed by atoms with Crippen LogP contribution in [0.25, 0.3) is 0 Å². The number of halogens is 1. The van der Waals surface area contributed by atoms with Crippen molar-refractivity contribution in [1.29, 1.82) is 0 Å². The molecule has 2 aromatic rings. The van der Waals surface area contributed by atoms with Crippen LogP contribution in [0.3, 0.4) is 0 Å². The molecule has 2 aromatic carbocycles. The number of carbonyl (C=O) groups excluding carboxylic acids is 1. The lowest BCUT2D eigenvalue weighted by Gasteiger charge is -2.16. The molecule has 0 aliphatic rings. The van der Waals surface area contributed by atoms with Crippen molar-refractivity contribution in [3.63, 3.8) is 0 Å². The average molecular weight is 286 g/mol. The van der Waals surface area contributed by atoms with Crippen molar-refractivity contribution in [2.75, 3.05) is 0 Å². The van der Waals surface area contributed by atoms with E-state index in [0.29, 0.717) is 17.4 Å². The molecule has 3 heteroatoms. The Morgan fingerprint density at radius 1 is 1.10 bits per heavy atom. The smallest absolute Gasteiger partial charge is 0.163 e. The molecular weight excluding hydrogens is 267 g/mol. The SMILES string of the molecule is CC(=O)c1cc(F)ccc1Oc1cc(C)ccc1C(C)C. The van der Waals surface area contributed by atoms with Gasteiger partial charge in [-0.1, -0.05) is 26.0 Å². The summed E-state index contributed by atoms with van der Waals surface area (Å²) in [6.07, 6.45) is 0. The zero-order valence-electron chi connectivity index (χ0n) is 12.7. The van der Waals surface area contributed by atoms with Crippen molar-refractivity contribution in [3.8, 4) is 11.5 Å². The second-order valence-electron chi connectivity index (χ2n) is 5.49. The van der Waals surface area contributed by atoms with E-state index in [1.807, 2.05) is 25.1 Å². The molecule has 0 atom stereocenters. The Balaban J connectivity index is 2.47. The summed E-state index contributed by atoms with van der Waals surface area (Å²) in [6.45, 7) is 7.54. The average Bonchev–Trinajstić information content (AvgIpc) is 2.40. The minimum Gasteiger partial charge on any atom is -0.456 e. The highest BCUT2D eigenvalue weighted by molar-refractivity contribution is 5.96. The van der Waals surface area contributed by atoms with Gasteiger partial charge in [0.05, 0.1) is 5.56 Å². The van der Waals surface area contributed by atoms with Gasteiger partial charge >= 0.3 is 0 Å². The Labute approximate surface area is 124 Å². The molecule has 2 rings (SSSR count). The molecule has 0 aliphatic heterocycles. The van der Waals surface area contributed by atoms with Crippen LogP contribution in [0.5, 0.6) is 11.5 Å². The molecule has 0 aromatic heterocycles. The molecule has 0 unspecified atom stereocenters. The summed E-state index contributed by atoms with van der Waals surface area (Å²) in [5.74, 6) is 0.724. The summed E-state index contributed by atoms with van der Waals surface area (Å²) in [5, 5.41) is 0. The fourth-order valence-electron chi connectivity index (χ4n) is 2.19. The molecule has 0 heterocycles. The monoisotopic (exact) mass is 286 g/mol. The molecule has 0 spiro atoms. The van der Waals surface area contributed by atoms with Gasteiger partial charge in [0.2, 0.25) is 0 Å². The molecular formula is C18H19FO2. The van der Waals surface area contributed by atoms with Crippen LogP contribution >= 0.6 is 0 Å². The number of Topliss-reactive ketones (excluding diaryl/α,β-unsaturated/α-hetero) is 1. The highest BCUT2D eigenvalue weighted by atomic mass is 19.1. The normalized spacial score (nSPS) is 10.8. The van der Waals surface area contributed by atoms with Crippen molar-refractivity contribution in [2.45, 2.75) is 33.6 Å². The molecule has 110 valence electrons. The molecule has 0 aliphatic carbocycles. The standard InChI is InChI=1S/C18H19FO2/c1-11(2)15-7-5-12(3)9-18(15)21-17-8-6-14(19)10-16(17)13(4)20/h5-11H,1-4H3. The van der Waals surface area contributed by atoms with Gasteiger partial charge in [-0.25, -0.2) is 4.39 Å². The number of aryl methyl sites for hydroxylation is 1. The van der Waals surface area contributed by atoms with E-state index in [9.17, 15) is 9.18 Å². The van der Waals surface area contributed by atoms with E-state index in [4.69, 9.17) is 4.74 Å². The summed E-state index contributed by atoms with van der Waals surface area (Å²) in [6, 6.07) is 9.99. The van der Waals surface area contributed by atoms with Crippen LogP contribution in [0.1, 0.15) is 48.2 Å². The lowest BCUT2D eigenvalue weighted by Crippen LogP contribution is -2.00. The number of ketones is 1. The van der Waals surface area contributed by atoms with E-state index >= 15 is 0 Å². The Bertz CT molecular complexity index is 675. The summed E-state index contributed by atoms with van der Waals surface area (Å²) in [5.41, 5.74) is 2.38. The third-order valence-electron chi connectivity index (χ3n) is 3.33. The second kappa shape index (κ2) is 6.08. The highest BCUT2D eigenvalue weighted by Crippen LogP contribution is 2.33. The van der Waals surface area contributed by atoms with E-state index < -0.39 is 5.82 Å². The zero-order valence-corrected chi connectivity index (χ0v) is 12.7. The number of benzene rings is 2. The third kappa shape index (κ3) is 3.48. The first-order valence-electron chi connectivity index (χ1n) is 6.97. The molecule has 0 N–H and O–H groups in total. The fourth-order valence-corrected chi connectivity index (χ4v) is 2.19. The number of hydrogen-bond acceptors (Lipinski definition) is 2. The van der Waals surface area contributed by atoms with Gasteiger partial charge in [0.1, 0.15) is 17.3 Å². The van der Waals surface area contributed by atoms with Crippen molar-refractivity contribution >= 4 is 5.78 Å². The van der Waals surface area contributed by atoms with Crippen LogP contribution in [0.4, 0.5) is 4.39 Å². The molecule has 0 saturated carbocycles. The molecule has 2 nitrogen and oxygen atoms in total. The fraction of sp³-hybridized carbons (Fsp3) is 0.278. The van der Waals surface area contributed by atoms with E-state index in [1.165, 1.54) is 25.1 Å². The van der Waals surface area contributed by atoms with Gasteiger partial charge in [-0.15, -0.1) is 0 Å². The summed E-state index contributed by atoms with van der Waals surface area (Å²) < 4.78 is 19.2. The maximum atomic E-state index is 13.3. The topological polar surface area (TPSA) is 26.3 Å². The van der Waals surface area contributed by atoms with Crippen molar-refractivity contribution < 1.29 is 13.9 Å². The summed E-state index contributed by atoms with van der Waals surface area (Å²) in [4.78, 5) is 11.6. The minimum atomic E-state index is -0.444. The maximum Gasteiger partial charge on any atom is 0.163 e. The molecule has 0 fully saturated rings. The van der Waals surface area contributed by atoms with Gasteiger partial charge < -0.3 is 4.74 Å². The Kier molecular flexibility index (Phi) is 4.41. The quantitative estimate of drug-likeness (QED) is 0.717. The first-order chi connectivity index (χ1) is 9.88. The number of ether oxygens (including phenoxy) is 1. The Hall–Kier alpha value is -2.16. The highest BCUT2D eigenvalue weighted by Gasteiger charge is 2.14. The predicted octanol–water partition coefficient (Wildman–Crippen LogP) is 5.25. The van der Waals surface area contributed by atoms with E-state index in [0.717, 1.165) is 11.1 Å². The van der Waals surface area contributed by atoms with Crippen molar-refractivity contribution in [1.82, 2.24) is 0 Å². The van der Waals surface area contributed by atoms with Gasteiger partial charge in [-0.2, -0.15) is 0 Å². The number of hydrogen-bond donors (Lipinski definition) is 0. The first-order valence-corrected chi connectivity index (χ1v) is 6.97. The van der Waals surface area contributed by atoms with Crippen LogP contribution < -0.4 is 4.74 Å². The molecule has 21 heavy (non-hydrogen) atoms. The van der Waals surface area contributed by atoms with E-state index in [-0.39, 0.29) is 11.3 Å². The van der Waals surface area contributed by atoms with Gasteiger partial charge in [-0.3, -0.25) is 4.79 Å². The molecule has 0 bridgehead atoms. The van der Waals surface area contributed by atoms with E-state index in [1.54, 1.807) is 0 Å². The van der Waals surface area contributed by atoms with Crippen molar-refractivity contribution in [2.24, 2.45) is 0 Å². The van der Waals surface area contributed by atoms with Gasteiger partial charge in [0.15, 0.2) is 5.78 Å². The third-order valence-corrected chi connectivity index (χ3v) is 3.33. The molecule has 0 saturated heterocycles. The van der Waals surface area contributed by atoms with Crippen LogP contribution in [0.15, 0.2) is 36.4 Å². The van der Waals surface area contributed by atoms with Gasteiger partial charge in [0.25, 0.3) is 0 Å². The number of rotatable bonds is 4. The van der Waals surface area contributed by atoms with Crippen molar-refractivity contribution in [3.05, 3.63) is 58.9 Å². The van der Waals surface area contributed by atoms with Gasteiger partial charge in [0, 0.05) is 0 Å². The van der Waals surface area contributed by atoms with Crippen LogP contribution in [0.2, 0.25) is 0 Å². The van der Waals surface area contributed by atoms with Crippen LogP contribution in [-0.4, -0.2) is 5.78 Å². The van der Waals surface area contributed by atoms with Crippen LogP contribution in [-0.2, 0) is 0 Å². The second-order valence-corrected chi connectivity index (χ2v) is 5.49.